The van der Waals surface area contributed by atoms with Gasteiger partial charge < -0.3 is 20.4 Å². The molecule has 0 radical (unpaired) electrons. The second-order valence-electron chi connectivity index (χ2n) is 9.50. The molecule has 1 aromatic heterocycles. The van der Waals surface area contributed by atoms with E-state index in [9.17, 15) is 9.18 Å². The lowest BCUT2D eigenvalue weighted by atomic mass is 9.95. The SMILES string of the molecule is CN1CCC(OC2=C(F)C=C(NC(=O)C3=CNNCc4cc(F)c(-c5cnn(C)c5)cc43)C=CC2)CC1. The molecule has 0 bridgehead atoms. The van der Waals surface area contributed by atoms with Crippen molar-refractivity contribution in [2.45, 2.75) is 31.9 Å². The zero-order chi connectivity index (χ0) is 25.9. The number of nitrogens with one attached hydrogen (secondary N) is 3. The molecule has 3 heterocycles. The third-order valence-corrected chi connectivity index (χ3v) is 6.72. The summed E-state index contributed by atoms with van der Waals surface area (Å²) in [6, 6.07) is 3.06. The number of nitrogens with zero attached hydrogens (tertiary/aromatic N) is 3. The fourth-order valence-electron chi connectivity index (χ4n) is 4.67. The van der Waals surface area contributed by atoms with Crippen LogP contribution < -0.4 is 16.2 Å². The average Bonchev–Trinajstić information content (AvgIpc) is 3.09. The number of carbonyl (C=O) groups is 1. The van der Waals surface area contributed by atoms with Gasteiger partial charge in [-0.2, -0.15) is 5.10 Å². The molecular weight excluding hydrogens is 478 g/mol. The van der Waals surface area contributed by atoms with Crippen molar-refractivity contribution >= 4 is 11.5 Å². The summed E-state index contributed by atoms with van der Waals surface area (Å²) in [5.41, 5.74) is 8.52. The molecule has 1 saturated heterocycles. The summed E-state index contributed by atoms with van der Waals surface area (Å²) < 4.78 is 37.6. The molecule has 0 atom stereocenters. The zero-order valence-electron chi connectivity index (χ0n) is 20.9. The van der Waals surface area contributed by atoms with E-state index in [2.05, 4.69) is 33.2 Å². The predicted molar refractivity (Wildman–Crippen MR) is 136 cm³/mol. The largest absolute Gasteiger partial charge is 0.491 e. The highest BCUT2D eigenvalue weighted by atomic mass is 19.1. The molecule has 3 N–H and O–H groups in total. The van der Waals surface area contributed by atoms with Gasteiger partial charge in [-0.05, 0) is 49.2 Å². The van der Waals surface area contributed by atoms with Crippen LogP contribution in [0.15, 0.2) is 66.2 Å². The van der Waals surface area contributed by atoms with Crippen LogP contribution in [-0.2, 0) is 23.1 Å². The summed E-state index contributed by atoms with van der Waals surface area (Å²) in [7, 11) is 3.81. The van der Waals surface area contributed by atoms with E-state index in [1.54, 1.807) is 42.3 Å². The van der Waals surface area contributed by atoms with E-state index in [0.29, 0.717) is 40.9 Å². The molecule has 5 rings (SSSR count). The third-order valence-electron chi connectivity index (χ3n) is 6.72. The number of halogens is 2. The molecular formula is C27H30F2N6O2. The van der Waals surface area contributed by atoms with Gasteiger partial charge in [-0.15, -0.1) is 0 Å². The number of fused-ring (bicyclic) bond motifs is 1. The van der Waals surface area contributed by atoms with Gasteiger partial charge in [-0.25, -0.2) is 14.2 Å². The molecule has 8 nitrogen and oxygen atoms in total. The summed E-state index contributed by atoms with van der Waals surface area (Å²) in [6.07, 6.45) is 11.5. The quantitative estimate of drug-likeness (QED) is 0.574. The highest BCUT2D eigenvalue weighted by Gasteiger charge is 2.24. The Balaban J connectivity index is 1.37. The van der Waals surface area contributed by atoms with Crippen LogP contribution in [0, 0.1) is 5.82 Å². The number of amides is 1. The number of rotatable bonds is 5. The molecule has 1 fully saturated rings. The summed E-state index contributed by atoms with van der Waals surface area (Å²) in [5.74, 6) is -1.09. The molecule has 0 unspecified atom stereocenters. The maximum atomic E-state index is 15.1. The van der Waals surface area contributed by atoms with Crippen molar-refractivity contribution in [2.24, 2.45) is 7.05 Å². The molecule has 37 heavy (non-hydrogen) atoms. The van der Waals surface area contributed by atoms with Crippen molar-refractivity contribution in [3.8, 4) is 11.1 Å². The van der Waals surface area contributed by atoms with E-state index in [-0.39, 0.29) is 17.4 Å². The monoisotopic (exact) mass is 508 g/mol. The number of carbonyl (C=O) groups excluding carboxylic acids is 1. The van der Waals surface area contributed by atoms with Crippen molar-refractivity contribution in [3.05, 3.63) is 83.2 Å². The second-order valence-corrected chi connectivity index (χ2v) is 9.50. The van der Waals surface area contributed by atoms with E-state index in [1.165, 1.54) is 18.3 Å². The van der Waals surface area contributed by atoms with Crippen molar-refractivity contribution in [2.75, 3.05) is 20.1 Å². The number of benzene rings is 1. The fourth-order valence-corrected chi connectivity index (χ4v) is 4.67. The molecule has 1 amide bonds. The maximum absolute atomic E-state index is 15.1. The van der Waals surface area contributed by atoms with E-state index in [4.69, 9.17) is 4.74 Å². The van der Waals surface area contributed by atoms with E-state index in [1.807, 2.05) is 0 Å². The lowest BCUT2D eigenvalue weighted by molar-refractivity contribution is -0.114. The van der Waals surface area contributed by atoms with E-state index in [0.717, 1.165) is 25.9 Å². The molecule has 1 aromatic carbocycles. The minimum atomic E-state index is -0.504. The van der Waals surface area contributed by atoms with Gasteiger partial charge in [0.25, 0.3) is 5.91 Å². The van der Waals surface area contributed by atoms with Crippen LogP contribution >= 0.6 is 0 Å². The Morgan fingerprint density at radius 2 is 2.00 bits per heavy atom. The topological polar surface area (TPSA) is 83.4 Å². The lowest BCUT2D eigenvalue weighted by Gasteiger charge is -2.29. The summed E-state index contributed by atoms with van der Waals surface area (Å²) >= 11 is 0. The van der Waals surface area contributed by atoms with Crippen LogP contribution in [0.25, 0.3) is 16.7 Å². The van der Waals surface area contributed by atoms with Crippen molar-refractivity contribution in [1.82, 2.24) is 30.8 Å². The Bertz CT molecular complexity index is 1320. The number of allylic oxidation sites excluding steroid dienone is 4. The van der Waals surface area contributed by atoms with Crippen LogP contribution in [0.1, 0.15) is 30.4 Å². The Labute approximate surface area is 214 Å². The van der Waals surface area contributed by atoms with Crippen LogP contribution in [0.5, 0.6) is 0 Å². The van der Waals surface area contributed by atoms with Crippen molar-refractivity contribution in [3.63, 3.8) is 0 Å². The van der Waals surface area contributed by atoms with Gasteiger partial charge in [0.15, 0.2) is 5.83 Å². The fraction of sp³-hybridized carbons (Fsp3) is 0.333. The Morgan fingerprint density at radius 1 is 1.19 bits per heavy atom. The average molecular weight is 509 g/mol. The number of hydrogen-bond acceptors (Lipinski definition) is 6. The molecule has 10 heteroatoms. The van der Waals surface area contributed by atoms with Crippen LogP contribution in [-0.4, -0.2) is 46.8 Å². The highest BCUT2D eigenvalue weighted by molar-refractivity contribution is 6.20. The van der Waals surface area contributed by atoms with Gasteiger partial charge in [0.2, 0.25) is 0 Å². The first-order valence-corrected chi connectivity index (χ1v) is 12.3. The van der Waals surface area contributed by atoms with Gasteiger partial charge in [0, 0.05) is 68.4 Å². The van der Waals surface area contributed by atoms with Gasteiger partial charge >= 0.3 is 0 Å². The van der Waals surface area contributed by atoms with Gasteiger partial charge in [-0.3, -0.25) is 9.48 Å². The predicted octanol–water partition coefficient (Wildman–Crippen LogP) is 3.43. The number of aryl methyl sites for hydroxylation is 1. The van der Waals surface area contributed by atoms with E-state index < -0.39 is 17.6 Å². The number of piperidine rings is 1. The van der Waals surface area contributed by atoms with E-state index >= 15 is 4.39 Å². The Hall–Kier alpha value is -3.76. The maximum Gasteiger partial charge on any atom is 0.257 e. The smallest absolute Gasteiger partial charge is 0.257 e. The summed E-state index contributed by atoms with van der Waals surface area (Å²) in [4.78, 5) is 15.6. The first-order valence-electron chi connectivity index (χ1n) is 12.3. The first kappa shape index (κ1) is 24.9. The molecule has 0 saturated carbocycles. The Morgan fingerprint density at radius 3 is 2.76 bits per heavy atom. The van der Waals surface area contributed by atoms with Gasteiger partial charge in [0.05, 0.1) is 11.8 Å². The number of ether oxygens (including phenoxy) is 1. The van der Waals surface area contributed by atoms with Gasteiger partial charge in [-0.1, -0.05) is 6.08 Å². The first-order chi connectivity index (χ1) is 17.9. The summed E-state index contributed by atoms with van der Waals surface area (Å²) in [6.45, 7) is 2.14. The van der Waals surface area contributed by atoms with Gasteiger partial charge in [0.1, 0.15) is 17.7 Å². The zero-order valence-corrected chi connectivity index (χ0v) is 20.9. The molecule has 2 aromatic rings. The number of likely N-dealkylation sites (tertiary alicyclic amines) is 1. The standard InChI is InChI=1S/C27H30F2N6O2/c1-34-8-6-20(7-9-34)37-26-5-3-4-19(11-25(26)29)33-27(36)23-15-31-30-13-17-10-24(28)22(12-21(17)23)18-14-32-35(2)16-18/h3-4,10-12,14-16,20,30-31H,5-9,13H2,1-2H3,(H,33,36). The molecule has 3 aliphatic rings. The molecule has 2 aliphatic heterocycles. The minimum Gasteiger partial charge on any atom is -0.491 e. The number of hydrazine groups is 1. The third kappa shape index (κ3) is 5.65. The number of aromatic nitrogens is 2. The molecule has 194 valence electrons. The highest BCUT2D eigenvalue weighted by Crippen LogP contribution is 2.31. The summed E-state index contributed by atoms with van der Waals surface area (Å²) in [5, 5.41) is 6.91. The van der Waals surface area contributed by atoms with Crippen LogP contribution in [0.2, 0.25) is 0 Å². The van der Waals surface area contributed by atoms with Crippen molar-refractivity contribution < 1.29 is 18.3 Å². The normalized spacial score (nSPS) is 18.8. The van der Waals surface area contributed by atoms with Crippen molar-refractivity contribution in [1.29, 1.82) is 0 Å². The Kier molecular flexibility index (Phi) is 7.20. The van der Waals surface area contributed by atoms with Crippen LogP contribution in [0.3, 0.4) is 0 Å². The number of hydrogen-bond donors (Lipinski definition) is 3. The van der Waals surface area contributed by atoms with Crippen LogP contribution in [0.4, 0.5) is 8.78 Å². The minimum absolute atomic E-state index is 0.0180. The lowest BCUT2D eigenvalue weighted by Crippen LogP contribution is -2.34. The second kappa shape index (κ2) is 10.7. The molecule has 1 aliphatic carbocycles. The molecule has 0 spiro atoms.